The van der Waals surface area contributed by atoms with Crippen LogP contribution in [0.15, 0.2) is 114 Å². The Kier molecular flexibility index (Phi) is 5.30. The third-order valence-corrected chi connectivity index (χ3v) is 9.43. The van der Waals surface area contributed by atoms with Crippen molar-refractivity contribution in [1.82, 2.24) is 9.97 Å². The van der Waals surface area contributed by atoms with E-state index in [9.17, 15) is 0 Å². The number of ether oxygens (including phenoxy) is 1. The van der Waals surface area contributed by atoms with Crippen molar-refractivity contribution in [2.75, 3.05) is 4.90 Å². The molecule has 5 aromatic carbocycles. The minimum atomic E-state index is 0.788. The first-order chi connectivity index (χ1) is 19.2. The van der Waals surface area contributed by atoms with Gasteiger partial charge in [-0.25, -0.2) is 9.97 Å². The molecule has 0 bridgehead atoms. The summed E-state index contributed by atoms with van der Waals surface area (Å²) in [6, 6.07) is 37.6. The second-order valence-corrected chi connectivity index (χ2v) is 12.2. The monoisotopic (exact) mass is 603 g/mol. The van der Waals surface area contributed by atoms with E-state index in [2.05, 4.69) is 112 Å². The van der Waals surface area contributed by atoms with Gasteiger partial charge < -0.3 is 9.64 Å². The van der Waals surface area contributed by atoms with Gasteiger partial charge in [-0.15, -0.1) is 22.7 Å². The zero-order valence-corrected chi connectivity index (χ0v) is 23.6. The number of rotatable bonds is 3. The highest BCUT2D eigenvalue weighted by atomic mass is 79.9. The predicted octanol–water partition coefficient (Wildman–Crippen LogP) is 10.6. The first kappa shape index (κ1) is 22.9. The molecule has 186 valence electrons. The summed E-state index contributed by atoms with van der Waals surface area (Å²) in [5.41, 5.74) is 7.08. The molecule has 3 heterocycles. The molecule has 8 rings (SSSR count). The average Bonchev–Trinajstić information content (AvgIpc) is 3.60. The van der Waals surface area contributed by atoms with Crippen molar-refractivity contribution in [3.63, 3.8) is 0 Å². The first-order valence-electron chi connectivity index (χ1n) is 12.4. The van der Waals surface area contributed by atoms with Crippen molar-refractivity contribution in [3.8, 4) is 32.6 Å². The molecule has 0 aliphatic carbocycles. The van der Waals surface area contributed by atoms with E-state index in [1.165, 1.54) is 4.70 Å². The molecule has 7 aromatic rings. The Hall–Kier alpha value is -4.04. The van der Waals surface area contributed by atoms with Crippen LogP contribution in [0.25, 0.3) is 41.6 Å². The minimum absolute atomic E-state index is 0.788. The fraction of sp³-hybridized carbons (Fsp3) is 0. The number of anilines is 3. The van der Waals surface area contributed by atoms with E-state index >= 15 is 0 Å². The third kappa shape index (κ3) is 3.85. The van der Waals surface area contributed by atoms with Gasteiger partial charge in [-0.3, -0.25) is 0 Å². The number of benzene rings is 5. The van der Waals surface area contributed by atoms with Gasteiger partial charge in [-0.1, -0.05) is 58.4 Å². The van der Waals surface area contributed by atoms with Crippen LogP contribution in [0.1, 0.15) is 0 Å². The van der Waals surface area contributed by atoms with Crippen LogP contribution in [0.4, 0.5) is 17.1 Å². The number of aromatic nitrogens is 2. The molecule has 0 atom stereocenters. The molecule has 2 aromatic heterocycles. The molecule has 0 radical (unpaired) electrons. The van der Waals surface area contributed by atoms with Crippen LogP contribution in [0.3, 0.4) is 0 Å². The van der Waals surface area contributed by atoms with Crippen LogP contribution < -0.4 is 9.64 Å². The maximum Gasteiger partial charge on any atom is 0.161 e. The van der Waals surface area contributed by atoms with Gasteiger partial charge in [0.05, 0.1) is 37.4 Å². The molecular formula is C32H18BrN3OS2. The lowest BCUT2D eigenvalue weighted by Crippen LogP contribution is -2.16. The number of hydrogen-bond donors (Lipinski definition) is 0. The van der Waals surface area contributed by atoms with Gasteiger partial charge in [0.1, 0.15) is 10.0 Å². The zero-order valence-electron chi connectivity index (χ0n) is 20.3. The van der Waals surface area contributed by atoms with Crippen molar-refractivity contribution in [1.29, 1.82) is 0 Å². The largest absolute Gasteiger partial charge is 0.452 e. The summed E-state index contributed by atoms with van der Waals surface area (Å²) in [6.45, 7) is 0. The van der Waals surface area contributed by atoms with Gasteiger partial charge >= 0.3 is 0 Å². The van der Waals surface area contributed by atoms with E-state index in [0.29, 0.717) is 0 Å². The van der Waals surface area contributed by atoms with Crippen LogP contribution in [-0.4, -0.2) is 9.97 Å². The van der Waals surface area contributed by atoms with E-state index in [1.54, 1.807) is 22.7 Å². The Balaban J connectivity index is 1.31. The highest BCUT2D eigenvalue weighted by Crippen LogP contribution is 2.54. The molecule has 1 aliphatic rings. The number of halogens is 1. The fourth-order valence-electron chi connectivity index (χ4n) is 5.01. The standard InChI is InChI=1S/C32H18BrN3OS2/c33-20-15-16-25-27(18-20)37-30-22(32-35-24-11-2-4-14-29(24)39-32)9-6-12-26(30)36(25)21-8-5-7-19(17-21)31-34-23-10-1-3-13-28(23)38-31/h1-18H. The van der Waals surface area contributed by atoms with E-state index in [4.69, 9.17) is 14.7 Å². The molecule has 0 unspecified atom stereocenters. The third-order valence-electron chi connectivity index (χ3n) is 6.78. The van der Waals surface area contributed by atoms with Gasteiger partial charge in [0.2, 0.25) is 0 Å². The van der Waals surface area contributed by atoms with Crippen molar-refractivity contribution in [2.24, 2.45) is 0 Å². The number of hydrogen-bond acceptors (Lipinski definition) is 6. The Morgan fingerprint density at radius 1 is 0.641 bits per heavy atom. The van der Waals surface area contributed by atoms with E-state index < -0.39 is 0 Å². The van der Waals surface area contributed by atoms with E-state index in [0.717, 1.165) is 69.9 Å². The molecule has 0 amide bonds. The summed E-state index contributed by atoms with van der Waals surface area (Å²) in [5, 5.41) is 1.94. The van der Waals surface area contributed by atoms with Crippen molar-refractivity contribution < 1.29 is 4.74 Å². The number of para-hydroxylation sites is 3. The molecule has 39 heavy (non-hydrogen) atoms. The lowest BCUT2D eigenvalue weighted by atomic mass is 10.1. The smallest absolute Gasteiger partial charge is 0.161 e. The lowest BCUT2D eigenvalue weighted by molar-refractivity contribution is 0.478. The number of thiazole rings is 2. The molecule has 0 fully saturated rings. The highest BCUT2D eigenvalue weighted by Gasteiger charge is 2.29. The van der Waals surface area contributed by atoms with Crippen LogP contribution in [0.5, 0.6) is 11.5 Å². The Labute approximate surface area is 240 Å². The minimum Gasteiger partial charge on any atom is -0.452 e. The molecule has 7 heteroatoms. The number of nitrogens with zero attached hydrogens (tertiary/aromatic N) is 3. The van der Waals surface area contributed by atoms with Gasteiger partial charge in [-0.2, -0.15) is 0 Å². The quantitative estimate of drug-likeness (QED) is 0.201. The van der Waals surface area contributed by atoms with Gasteiger partial charge in [0, 0.05) is 15.7 Å². The molecule has 0 saturated carbocycles. The second kappa shape index (κ2) is 9.02. The number of fused-ring (bicyclic) bond motifs is 4. The predicted molar refractivity (Wildman–Crippen MR) is 166 cm³/mol. The lowest BCUT2D eigenvalue weighted by Gasteiger charge is -2.34. The first-order valence-corrected chi connectivity index (χ1v) is 14.9. The Morgan fingerprint density at radius 2 is 1.36 bits per heavy atom. The summed E-state index contributed by atoms with van der Waals surface area (Å²) in [7, 11) is 0. The van der Waals surface area contributed by atoms with E-state index in [1.807, 2.05) is 18.2 Å². The molecule has 0 N–H and O–H groups in total. The normalized spacial score (nSPS) is 12.4. The Bertz CT molecular complexity index is 1980. The SMILES string of the molecule is Brc1ccc2c(c1)Oc1c(-c3nc4ccccc4s3)cccc1N2c1cccc(-c2nc3ccccc3s2)c1. The average molecular weight is 605 g/mol. The zero-order chi connectivity index (χ0) is 25.9. The highest BCUT2D eigenvalue weighted by molar-refractivity contribution is 9.10. The van der Waals surface area contributed by atoms with Crippen molar-refractivity contribution in [3.05, 3.63) is 114 Å². The molecule has 4 nitrogen and oxygen atoms in total. The van der Waals surface area contributed by atoms with Gasteiger partial charge in [0.15, 0.2) is 11.5 Å². The van der Waals surface area contributed by atoms with Gasteiger partial charge in [0.25, 0.3) is 0 Å². The second-order valence-electron chi connectivity index (χ2n) is 9.23. The summed E-state index contributed by atoms with van der Waals surface area (Å²) in [6.07, 6.45) is 0. The molecular weight excluding hydrogens is 586 g/mol. The summed E-state index contributed by atoms with van der Waals surface area (Å²) >= 11 is 7.03. The summed E-state index contributed by atoms with van der Waals surface area (Å²) < 4.78 is 9.94. The van der Waals surface area contributed by atoms with Crippen LogP contribution >= 0.6 is 38.6 Å². The van der Waals surface area contributed by atoms with Gasteiger partial charge in [-0.05, 0) is 66.7 Å². The molecule has 0 saturated heterocycles. The summed E-state index contributed by atoms with van der Waals surface area (Å²) in [5.74, 6) is 1.59. The molecule has 1 aliphatic heterocycles. The van der Waals surface area contributed by atoms with Crippen molar-refractivity contribution >= 4 is 76.1 Å². The van der Waals surface area contributed by atoms with Crippen molar-refractivity contribution in [2.45, 2.75) is 0 Å². The Morgan fingerprint density at radius 3 is 2.15 bits per heavy atom. The summed E-state index contributed by atoms with van der Waals surface area (Å²) in [4.78, 5) is 12.1. The maximum atomic E-state index is 6.63. The molecule has 0 spiro atoms. The fourth-order valence-corrected chi connectivity index (χ4v) is 7.30. The van der Waals surface area contributed by atoms with Crippen LogP contribution in [0.2, 0.25) is 0 Å². The maximum absolute atomic E-state index is 6.63. The van der Waals surface area contributed by atoms with Crippen LogP contribution in [-0.2, 0) is 0 Å². The van der Waals surface area contributed by atoms with Crippen LogP contribution in [0, 0.1) is 0 Å². The van der Waals surface area contributed by atoms with E-state index in [-0.39, 0.29) is 0 Å². The topological polar surface area (TPSA) is 38.2 Å².